The first kappa shape index (κ1) is 11.7. The van der Waals surface area contributed by atoms with Gasteiger partial charge in [0.05, 0.1) is 17.4 Å². The predicted molar refractivity (Wildman–Crippen MR) is 72.8 cm³/mol. The van der Waals surface area contributed by atoms with Crippen LogP contribution in [0.2, 0.25) is 0 Å². The van der Waals surface area contributed by atoms with Gasteiger partial charge in [-0.2, -0.15) is 0 Å². The molecule has 4 heteroatoms. The number of rotatable bonds is 5. The van der Waals surface area contributed by atoms with Gasteiger partial charge in [-0.25, -0.2) is 4.98 Å². The van der Waals surface area contributed by atoms with Crippen LogP contribution in [-0.2, 0) is 6.54 Å². The third-order valence-electron chi connectivity index (χ3n) is 4.02. The third kappa shape index (κ3) is 2.26. The summed E-state index contributed by atoms with van der Waals surface area (Å²) in [5.41, 5.74) is 5.19. The summed E-state index contributed by atoms with van der Waals surface area (Å²) in [7, 11) is 0. The van der Waals surface area contributed by atoms with Gasteiger partial charge in [0.2, 0.25) is 0 Å². The predicted octanol–water partition coefficient (Wildman–Crippen LogP) is 2.06. The van der Waals surface area contributed by atoms with Crippen molar-refractivity contribution in [2.24, 2.45) is 11.8 Å². The molecule has 0 saturated heterocycles. The van der Waals surface area contributed by atoms with Gasteiger partial charge >= 0.3 is 0 Å². The fourth-order valence-corrected chi connectivity index (χ4v) is 2.72. The number of imidazole rings is 1. The second-order valence-corrected chi connectivity index (χ2v) is 5.28. The van der Waals surface area contributed by atoms with Gasteiger partial charge in [0.1, 0.15) is 0 Å². The minimum absolute atomic E-state index is 0.341. The Morgan fingerprint density at radius 2 is 2.22 bits per heavy atom. The van der Waals surface area contributed by atoms with E-state index in [1.165, 1.54) is 31.2 Å². The van der Waals surface area contributed by atoms with E-state index in [9.17, 15) is 0 Å². The van der Waals surface area contributed by atoms with E-state index in [4.69, 9.17) is 5.84 Å². The second kappa shape index (κ2) is 5.08. The van der Waals surface area contributed by atoms with Crippen LogP contribution in [0.25, 0.3) is 11.0 Å². The average Bonchev–Trinajstić information content (AvgIpc) is 2.75. The lowest BCUT2D eigenvalue weighted by atomic mass is 9.81. The molecule has 3 N–H and O–H groups in total. The molecule has 1 aliphatic carbocycles. The van der Waals surface area contributed by atoms with Gasteiger partial charge in [-0.05, 0) is 24.5 Å². The molecular weight excluding hydrogens is 224 g/mol. The summed E-state index contributed by atoms with van der Waals surface area (Å²) in [6.07, 6.45) is 7.19. The Kier molecular flexibility index (Phi) is 3.30. The molecule has 1 unspecified atom stereocenters. The number of nitrogens with zero attached hydrogens (tertiary/aromatic N) is 2. The van der Waals surface area contributed by atoms with Crippen LogP contribution in [0, 0.1) is 5.92 Å². The zero-order chi connectivity index (χ0) is 12.4. The van der Waals surface area contributed by atoms with E-state index < -0.39 is 0 Å². The van der Waals surface area contributed by atoms with Crippen molar-refractivity contribution < 1.29 is 0 Å². The van der Waals surface area contributed by atoms with Crippen molar-refractivity contribution in [1.82, 2.24) is 15.0 Å². The molecule has 1 aliphatic rings. The van der Waals surface area contributed by atoms with Crippen LogP contribution in [0.1, 0.15) is 25.7 Å². The van der Waals surface area contributed by atoms with Gasteiger partial charge in [-0.1, -0.05) is 31.4 Å². The van der Waals surface area contributed by atoms with Crippen molar-refractivity contribution in [1.29, 1.82) is 0 Å². The molecule has 3 rings (SSSR count). The summed E-state index contributed by atoms with van der Waals surface area (Å²) in [5, 5.41) is 0. The molecule has 4 nitrogen and oxygen atoms in total. The first-order valence-electron chi connectivity index (χ1n) is 6.73. The van der Waals surface area contributed by atoms with E-state index in [1.54, 1.807) is 0 Å². The molecule has 0 amide bonds. The maximum atomic E-state index is 5.68. The van der Waals surface area contributed by atoms with E-state index in [0.717, 1.165) is 18.0 Å². The normalized spacial score (nSPS) is 17.8. The van der Waals surface area contributed by atoms with Crippen LogP contribution < -0.4 is 11.3 Å². The van der Waals surface area contributed by atoms with Crippen molar-refractivity contribution in [3.63, 3.8) is 0 Å². The molecule has 1 atom stereocenters. The molecule has 1 heterocycles. The molecule has 96 valence electrons. The van der Waals surface area contributed by atoms with Crippen LogP contribution in [0.5, 0.6) is 0 Å². The Bertz CT molecular complexity index is 515. The molecular formula is C14H20N4. The van der Waals surface area contributed by atoms with Gasteiger partial charge in [-0.15, -0.1) is 0 Å². The van der Waals surface area contributed by atoms with Gasteiger partial charge in [-0.3, -0.25) is 11.3 Å². The van der Waals surface area contributed by atoms with Crippen LogP contribution in [0.3, 0.4) is 0 Å². The lowest BCUT2D eigenvalue weighted by molar-refractivity contribution is 0.250. The summed E-state index contributed by atoms with van der Waals surface area (Å²) >= 11 is 0. The van der Waals surface area contributed by atoms with E-state index in [0.29, 0.717) is 6.04 Å². The highest BCUT2D eigenvalue weighted by atomic mass is 15.2. The van der Waals surface area contributed by atoms with E-state index in [-0.39, 0.29) is 0 Å². The average molecular weight is 244 g/mol. The number of hydrogen-bond donors (Lipinski definition) is 2. The van der Waals surface area contributed by atoms with E-state index in [1.807, 2.05) is 18.5 Å². The number of hydrogen-bond acceptors (Lipinski definition) is 3. The molecule has 1 saturated carbocycles. The van der Waals surface area contributed by atoms with Crippen molar-refractivity contribution >= 4 is 11.0 Å². The minimum atomic E-state index is 0.341. The van der Waals surface area contributed by atoms with Crippen LogP contribution >= 0.6 is 0 Å². The molecule has 0 bridgehead atoms. The first-order valence-corrected chi connectivity index (χ1v) is 6.73. The smallest absolute Gasteiger partial charge is 0.0958 e. The SMILES string of the molecule is NNC(CC1CCC1)Cn1cnc2ccccc21. The first-order chi connectivity index (χ1) is 8.86. The van der Waals surface area contributed by atoms with Gasteiger partial charge < -0.3 is 4.57 Å². The molecule has 0 radical (unpaired) electrons. The maximum Gasteiger partial charge on any atom is 0.0958 e. The number of para-hydroxylation sites is 2. The van der Waals surface area contributed by atoms with Crippen molar-refractivity contribution in [2.45, 2.75) is 38.3 Å². The minimum Gasteiger partial charge on any atom is -0.329 e. The largest absolute Gasteiger partial charge is 0.329 e. The van der Waals surface area contributed by atoms with Gasteiger partial charge in [0.25, 0.3) is 0 Å². The molecule has 18 heavy (non-hydrogen) atoms. The highest BCUT2D eigenvalue weighted by Crippen LogP contribution is 2.30. The highest BCUT2D eigenvalue weighted by Gasteiger charge is 2.22. The van der Waals surface area contributed by atoms with Crippen molar-refractivity contribution in [3.8, 4) is 0 Å². The lowest BCUT2D eigenvalue weighted by Gasteiger charge is -2.29. The Morgan fingerprint density at radius 1 is 1.39 bits per heavy atom. The Balaban J connectivity index is 1.73. The number of benzene rings is 1. The summed E-state index contributed by atoms with van der Waals surface area (Å²) in [4.78, 5) is 4.41. The molecule has 0 aliphatic heterocycles. The zero-order valence-corrected chi connectivity index (χ0v) is 10.5. The van der Waals surface area contributed by atoms with Gasteiger partial charge in [0, 0.05) is 12.6 Å². The molecule has 2 aromatic rings. The number of aromatic nitrogens is 2. The number of nitrogens with two attached hydrogens (primary N) is 1. The molecule has 0 spiro atoms. The third-order valence-corrected chi connectivity index (χ3v) is 4.02. The lowest BCUT2D eigenvalue weighted by Crippen LogP contribution is -2.40. The summed E-state index contributed by atoms with van der Waals surface area (Å²) in [5.74, 6) is 6.54. The van der Waals surface area contributed by atoms with E-state index in [2.05, 4.69) is 27.1 Å². The van der Waals surface area contributed by atoms with Crippen molar-refractivity contribution in [3.05, 3.63) is 30.6 Å². The quantitative estimate of drug-likeness (QED) is 0.625. The van der Waals surface area contributed by atoms with Crippen LogP contribution in [0.4, 0.5) is 0 Å². The Morgan fingerprint density at radius 3 is 2.94 bits per heavy atom. The highest BCUT2D eigenvalue weighted by molar-refractivity contribution is 5.74. The van der Waals surface area contributed by atoms with Crippen LogP contribution in [-0.4, -0.2) is 15.6 Å². The van der Waals surface area contributed by atoms with E-state index >= 15 is 0 Å². The van der Waals surface area contributed by atoms with Gasteiger partial charge in [0.15, 0.2) is 0 Å². The summed E-state index contributed by atoms with van der Waals surface area (Å²) in [6.45, 7) is 0.896. The summed E-state index contributed by atoms with van der Waals surface area (Å²) < 4.78 is 2.19. The molecule has 1 aromatic carbocycles. The van der Waals surface area contributed by atoms with Crippen molar-refractivity contribution in [2.75, 3.05) is 0 Å². The maximum absolute atomic E-state index is 5.68. The number of hydrazine groups is 1. The summed E-state index contributed by atoms with van der Waals surface area (Å²) in [6, 6.07) is 8.57. The number of nitrogens with one attached hydrogen (secondary N) is 1. The topological polar surface area (TPSA) is 55.9 Å². The fraction of sp³-hybridized carbons (Fsp3) is 0.500. The molecule has 1 fully saturated rings. The second-order valence-electron chi connectivity index (χ2n) is 5.28. The fourth-order valence-electron chi connectivity index (χ4n) is 2.72. The number of fused-ring (bicyclic) bond motifs is 1. The standard InChI is InChI=1S/C14H20N4/c15-17-12(8-11-4-3-5-11)9-18-10-16-13-6-1-2-7-14(13)18/h1-2,6-7,10-12,17H,3-5,8-9,15H2. The Hall–Kier alpha value is -1.39. The monoisotopic (exact) mass is 244 g/mol. The zero-order valence-electron chi connectivity index (χ0n) is 10.5. The molecule has 1 aromatic heterocycles. The van der Waals surface area contributed by atoms with Crippen LogP contribution in [0.15, 0.2) is 30.6 Å². The Labute approximate surface area is 107 Å².